The monoisotopic (exact) mass is 375 g/mol. The molecule has 2 aromatic rings. The number of nitrogens with one attached hydrogen (secondary N) is 1. The Kier molecular flexibility index (Phi) is 4.55. The summed E-state index contributed by atoms with van der Waals surface area (Å²) in [6.45, 7) is 0. The molecule has 0 bridgehead atoms. The fourth-order valence-corrected chi connectivity index (χ4v) is 3.48. The van der Waals surface area contributed by atoms with Crippen LogP contribution in [0.25, 0.3) is 0 Å². The predicted octanol–water partition coefficient (Wildman–Crippen LogP) is 1.18. The van der Waals surface area contributed by atoms with Crippen LogP contribution in [-0.2, 0) is 20.0 Å². The Morgan fingerprint density at radius 3 is 2.25 bits per heavy atom. The first kappa shape index (κ1) is 17.8. The van der Waals surface area contributed by atoms with Crippen LogP contribution in [0.15, 0.2) is 52.3 Å². The molecule has 24 heavy (non-hydrogen) atoms. The van der Waals surface area contributed by atoms with Crippen LogP contribution in [0.5, 0.6) is 0 Å². The second kappa shape index (κ2) is 6.14. The summed E-state index contributed by atoms with van der Waals surface area (Å²) < 4.78 is 62.3. The van der Waals surface area contributed by atoms with Gasteiger partial charge in [-0.15, -0.1) is 0 Å². The fourth-order valence-electron chi connectivity index (χ4n) is 1.75. The molecule has 0 saturated heterocycles. The molecule has 0 aliphatic heterocycles. The molecule has 0 aromatic heterocycles. The standard InChI is InChI=1S/C12H10FN3O6S2/c13-11-5-4-8(6-12(11)16(17)18)15-24(21,22)10-3-1-2-9(7-10)23(14,19)20/h1-7,15H,(H2,14,19,20). The highest BCUT2D eigenvalue weighted by molar-refractivity contribution is 7.93. The van der Waals surface area contributed by atoms with Crippen molar-refractivity contribution in [2.24, 2.45) is 5.14 Å². The van der Waals surface area contributed by atoms with Gasteiger partial charge >= 0.3 is 5.69 Å². The minimum absolute atomic E-state index is 0.260. The molecule has 0 aliphatic rings. The van der Waals surface area contributed by atoms with E-state index in [9.17, 15) is 31.3 Å². The lowest BCUT2D eigenvalue weighted by molar-refractivity contribution is -0.387. The Labute approximate surface area is 136 Å². The molecule has 0 saturated carbocycles. The SMILES string of the molecule is NS(=O)(=O)c1cccc(S(=O)(=O)Nc2ccc(F)c([N+](=O)[O-])c2)c1. The van der Waals surface area contributed by atoms with Crippen LogP contribution in [0.4, 0.5) is 15.8 Å². The van der Waals surface area contributed by atoms with Crippen molar-refractivity contribution in [2.45, 2.75) is 9.79 Å². The van der Waals surface area contributed by atoms with Gasteiger partial charge in [-0.2, -0.15) is 4.39 Å². The van der Waals surface area contributed by atoms with E-state index in [0.29, 0.717) is 6.07 Å². The van der Waals surface area contributed by atoms with E-state index in [-0.39, 0.29) is 5.69 Å². The largest absolute Gasteiger partial charge is 0.306 e. The summed E-state index contributed by atoms with van der Waals surface area (Å²) in [5.41, 5.74) is -1.17. The number of halogens is 1. The lowest BCUT2D eigenvalue weighted by Crippen LogP contribution is -2.16. The molecule has 0 unspecified atom stereocenters. The number of nitro groups is 1. The number of hydrogen-bond acceptors (Lipinski definition) is 6. The van der Waals surface area contributed by atoms with Gasteiger partial charge in [0.25, 0.3) is 10.0 Å². The highest BCUT2D eigenvalue weighted by atomic mass is 32.2. The molecule has 128 valence electrons. The van der Waals surface area contributed by atoms with Crippen LogP contribution in [0, 0.1) is 15.9 Å². The van der Waals surface area contributed by atoms with E-state index < -0.39 is 46.3 Å². The molecule has 0 amide bonds. The zero-order valence-corrected chi connectivity index (χ0v) is 13.3. The van der Waals surface area contributed by atoms with Crippen LogP contribution in [0.2, 0.25) is 0 Å². The summed E-state index contributed by atoms with van der Waals surface area (Å²) in [5, 5.41) is 15.6. The first-order chi connectivity index (χ1) is 11.0. The van der Waals surface area contributed by atoms with Crippen molar-refractivity contribution in [3.8, 4) is 0 Å². The average Bonchev–Trinajstić information content (AvgIpc) is 2.48. The molecule has 0 aliphatic carbocycles. The number of hydrogen-bond donors (Lipinski definition) is 2. The normalized spacial score (nSPS) is 11.9. The number of anilines is 1. The third kappa shape index (κ3) is 3.84. The summed E-state index contributed by atoms with van der Waals surface area (Å²) >= 11 is 0. The van der Waals surface area contributed by atoms with E-state index in [1.165, 1.54) is 6.07 Å². The van der Waals surface area contributed by atoms with E-state index in [2.05, 4.69) is 0 Å². The average molecular weight is 375 g/mol. The maximum Gasteiger partial charge on any atom is 0.306 e. The van der Waals surface area contributed by atoms with Gasteiger partial charge in [0.05, 0.1) is 20.4 Å². The molecule has 0 heterocycles. The highest BCUT2D eigenvalue weighted by Crippen LogP contribution is 2.24. The lowest BCUT2D eigenvalue weighted by Gasteiger charge is -2.09. The van der Waals surface area contributed by atoms with Gasteiger partial charge in [0.1, 0.15) is 0 Å². The van der Waals surface area contributed by atoms with E-state index >= 15 is 0 Å². The maximum absolute atomic E-state index is 13.3. The molecule has 2 aromatic carbocycles. The number of nitrogens with two attached hydrogens (primary N) is 1. The molecule has 9 nitrogen and oxygen atoms in total. The number of primary sulfonamides is 1. The van der Waals surface area contributed by atoms with Gasteiger partial charge in [-0.1, -0.05) is 6.07 Å². The lowest BCUT2D eigenvalue weighted by atomic mass is 10.3. The Bertz CT molecular complexity index is 1020. The van der Waals surface area contributed by atoms with E-state index in [1.54, 1.807) is 0 Å². The summed E-state index contributed by atoms with van der Waals surface area (Å²) in [7, 11) is -8.38. The van der Waals surface area contributed by atoms with Gasteiger partial charge in [-0.3, -0.25) is 14.8 Å². The summed E-state index contributed by atoms with van der Waals surface area (Å²) in [5.74, 6) is -1.13. The molecule has 3 N–H and O–H groups in total. The Hall–Kier alpha value is -2.57. The van der Waals surface area contributed by atoms with E-state index in [1.807, 2.05) is 4.72 Å². The van der Waals surface area contributed by atoms with E-state index in [4.69, 9.17) is 5.14 Å². The summed E-state index contributed by atoms with van der Waals surface area (Å²) in [6, 6.07) is 6.64. The van der Waals surface area contributed by atoms with Gasteiger partial charge in [-0.25, -0.2) is 22.0 Å². The number of rotatable bonds is 5. The van der Waals surface area contributed by atoms with Crippen LogP contribution < -0.4 is 9.86 Å². The quantitative estimate of drug-likeness (QED) is 0.592. The molecule has 12 heteroatoms. The van der Waals surface area contributed by atoms with Gasteiger partial charge in [0.15, 0.2) is 0 Å². The molecule has 0 atom stereocenters. The first-order valence-corrected chi connectivity index (χ1v) is 9.13. The molecule has 0 spiro atoms. The second-order valence-corrected chi connectivity index (χ2v) is 7.79. The summed E-state index contributed by atoms with van der Waals surface area (Å²) in [6.07, 6.45) is 0. The van der Waals surface area contributed by atoms with Gasteiger partial charge in [0, 0.05) is 6.07 Å². The van der Waals surface area contributed by atoms with Crippen molar-refractivity contribution in [1.82, 2.24) is 0 Å². The number of benzene rings is 2. The zero-order chi connectivity index (χ0) is 18.1. The molecule has 0 fully saturated rings. The smallest absolute Gasteiger partial charge is 0.279 e. The van der Waals surface area contributed by atoms with Crippen LogP contribution in [0.1, 0.15) is 0 Å². The fraction of sp³-hybridized carbons (Fsp3) is 0. The maximum atomic E-state index is 13.3. The Balaban J connectivity index is 2.43. The van der Waals surface area contributed by atoms with Crippen molar-refractivity contribution in [3.63, 3.8) is 0 Å². The topological polar surface area (TPSA) is 149 Å². The molecule has 0 radical (unpaired) electrons. The van der Waals surface area contributed by atoms with Crippen LogP contribution in [-0.4, -0.2) is 21.8 Å². The number of sulfonamides is 2. The van der Waals surface area contributed by atoms with Crippen LogP contribution >= 0.6 is 0 Å². The minimum Gasteiger partial charge on any atom is -0.279 e. The zero-order valence-electron chi connectivity index (χ0n) is 11.7. The number of nitro benzene ring substituents is 1. The minimum atomic E-state index is -4.27. The third-order valence-electron chi connectivity index (χ3n) is 2.84. The number of nitrogens with zero attached hydrogens (tertiary/aromatic N) is 1. The first-order valence-electron chi connectivity index (χ1n) is 6.10. The van der Waals surface area contributed by atoms with Crippen molar-refractivity contribution in [2.75, 3.05) is 4.72 Å². The molecular weight excluding hydrogens is 365 g/mol. The van der Waals surface area contributed by atoms with Crippen LogP contribution in [0.3, 0.4) is 0 Å². The third-order valence-corrected chi connectivity index (χ3v) is 5.13. The highest BCUT2D eigenvalue weighted by Gasteiger charge is 2.20. The molecular formula is C12H10FN3O6S2. The van der Waals surface area contributed by atoms with Gasteiger partial charge in [0.2, 0.25) is 15.8 Å². The second-order valence-electron chi connectivity index (χ2n) is 4.55. The Morgan fingerprint density at radius 2 is 1.67 bits per heavy atom. The Morgan fingerprint density at radius 1 is 1.04 bits per heavy atom. The van der Waals surface area contributed by atoms with Crippen molar-refractivity contribution < 1.29 is 26.1 Å². The molecule has 2 rings (SSSR count). The predicted molar refractivity (Wildman–Crippen MR) is 81.7 cm³/mol. The van der Waals surface area contributed by atoms with E-state index in [0.717, 1.165) is 30.3 Å². The van der Waals surface area contributed by atoms with Crippen molar-refractivity contribution in [1.29, 1.82) is 0 Å². The van der Waals surface area contributed by atoms with Crippen molar-refractivity contribution >= 4 is 31.4 Å². The van der Waals surface area contributed by atoms with Gasteiger partial charge < -0.3 is 0 Å². The van der Waals surface area contributed by atoms with Crippen molar-refractivity contribution in [3.05, 3.63) is 58.4 Å². The summed E-state index contributed by atoms with van der Waals surface area (Å²) in [4.78, 5) is 8.82. The van der Waals surface area contributed by atoms with Gasteiger partial charge in [-0.05, 0) is 30.3 Å².